The van der Waals surface area contributed by atoms with Crippen LogP contribution in [0.2, 0.25) is 0 Å². The molecule has 1 aromatic heterocycles. The molecule has 0 bridgehead atoms. The lowest BCUT2D eigenvalue weighted by molar-refractivity contribution is 0.622. The van der Waals surface area contributed by atoms with Crippen molar-refractivity contribution in [3.63, 3.8) is 0 Å². The van der Waals surface area contributed by atoms with Crippen LogP contribution in [0.5, 0.6) is 0 Å². The van der Waals surface area contributed by atoms with Crippen molar-refractivity contribution in [3.8, 4) is 12.3 Å². The molecule has 1 heterocycles. The number of aromatic nitrogens is 2. The maximum absolute atomic E-state index is 5.53. The number of hydrogen-bond donors (Lipinski definition) is 1. The normalized spacial score (nSPS) is 12.4. The van der Waals surface area contributed by atoms with Crippen molar-refractivity contribution in [1.29, 1.82) is 0 Å². The highest BCUT2D eigenvalue weighted by molar-refractivity contribution is 5.27. The van der Waals surface area contributed by atoms with Gasteiger partial charge in [0.15, 0.2) is 0 Å². The van der Waals surface area contributed by atoms with E-state index in [2.05, 4.69) is 30.2 Å². The standard InChI is InChI=1S/C12H19N3/c1-5-8-13-11(6-2)10-9-15(4)14-12(10)7-3/h2,9,11,13H,5,7-8H2,1,3-4H3. The Bertz CT molecular complexity index is 346. The minimum atomic E-state index is -0.00593. The van der Waals surface area contributed by atoms with E-state index in [9.17, 15) is 0 Å². The zero-order valence-electron chi connectivity index (χ0n) is 9.75. The Hall–Kier alpha value is -1.27. The van der Waals surface area contributed by atoms with Crippen LogP contribution in [-0.4, -0.2) is 16.3 Å². The molecular formula is C12H19N3. The minimum absolute atomic E-state index is 0.00593. The second kappa shape index (κ2) is 5.57. The lowest BCUT2D eigenvalue weighted by Crippen LogP contribution is -2.21. The molecule has 0 fully saturated rings. The molecule has 0 saturated heterocycles. The maximum atomic E-state index is 5.53. The summed E-state index contributed by atoms with van der Waals surface area (Å²) < 4.78 is 1.83. The average molecular weight is 205 g/mol. The summed E-state index contributed by atoms with van der Waals surface area (Å²) in [6.07, 6.45) is 9.54. The number of nitrogens with zero attached hydrogens (tertiary/aromatic N) is 2. The van der Waals surface area contributed by atoms with E-state index >= 15 is 0 Å². The van der Waals surface area contributed by atoms with E-state index in [0.717, 1.165) is 30.6 Å². The number of terminal acetylenes is 1. The van der Waals surface area contributed by atoms with E-state index < -0.39 is 0 Å². The summed E-state index contributed by atoms with van der Waals surface area (Å²) in [6.45, 7) is 5.16. The van der Waals surface area contributed by atoms with Crippen LogP contribution < -0.4 is 5.32 Å². The van der Waals surface area contributed by atoms with Gasteiger partial charge in [-0.05, 0) is 19.4 Å². The van der Waals surface area contributed by atoms with E-state index in [1.807, 2.05) is 17.9 Å². The third-order valence-electron chi connectivity index (χ3n) is 2.35. The minimum Gasteiger partial charge on any atom is -0.300 e. The zero-order valence-corrected chi connectivity index (χ0v) is 9.75. The molecular weight excluding hydrogens is 186 g/mol. The van der Waals surface area contributed by atoms with Gasteiger partial charge in [0.05, 0.1) is 11.7 Å². The van der Waals surface area contributed by atoms with Crippen LogP contribution in [-0.2, 0) is 13.5 Å². The topological polar surface area (TPSA) is 29.9 Å². The molecule has 0 radical (unpaired) electrons. The summed E-state index contributed by atoms with van der Waals surface area (Å²) in [7, 11) is 1.93. The summed E-state index contributed by atoms with van der Waals surface area (Å²) in [6, 6.07) is -0.00593. The fourth-order valence-corrected chi connectivity index (χ4v) is 1.62. The van der Waals surface area contributed by atoms with Crippen molar-refractivity contribution in [2.24, 2.45) is 7.05 Å². The van der Waals surface area contributed by atoms with E-state index in [1.54, 1.807) is 0 Å². The van der Waals surface area contributed by atoms with Crippen molar-refractivity contribution in [3.05, 3.63) is 17.5 Å². The fourth-order valence-electron chi connectivity index (χ4n) is 1.62. The van der Waals surface area contributed by atoms with E-state index in [0.29, 0.717) is 0 Å². The van der Waals surface area contributed by atoms with Crippen molar-refractivity contribution in [2.45, 2.75) is 32.7 Å². The molecule has 1 atom stereocenters. The third-order valence-corrected chi connectivity index (χ3v) is 2.35. The fraction of sp³-hybridized carbons (Fsp3) is 0.583. The van der Waals surface area contributed by atoms with Gasteiger partial charge in [-0.15, -0.1) is 6.42 Å². The van der Waals surface area contributed by atoms with Gasteiger partial charge in [-0.1, -0.05) is 19.8 Å². The van der Waals surface area contributed by atoms with Crippen molar-refractivity contribution in [2.75, 3.05) is 6.54 Å². The van der Waals surface area contributed by atoms with Gasteiger partial charge >= 0.3 is 0 Å². The lowest BCUT2D eigenvalue weighted by Gasteiger charge is -2.11. The van der Waals surface area contributed by atoms with Gasteiger partial charge in [0.25, 0.3) is 0 Å². The third kappa shape index (κ3) is 2.84. The number of hydrogen-bond acceptors (Lipinski definition) is 2. The molecule has 0 amide bonds. The summed E-state index contributed by atoms with van der Waals surface area (Å²) in [5.41, 5.74) is 2.22. The van der Waals surface area contributed by atoms with E-state index in [-0.39, 0.29) is 6.04 Å². The molecule has 82 valence electrons. The van der Waals surface area contributed by atoms with Crippen LogP contribution in [0.3, 0.4) is 0 Å². The first-order valence-corrected chi connectivity index (χ1v) is 5.44. The molecule has 0 spiro atoms. The zero-order chi connectivity index (χ0) is 11.3. The van der Waals surface area contributed by atoms with Crippen molar-refractivity contribution < 1.29 is 0 Å². The molecule has 0 aliphatic heterocycles. The Morgan fingerprint density at radius 3 is 2.87 bits per heavy atom. The van der Waals surface area contributed by atoms with Gasteiger partial charge in [0, 0.05) is 18.8 Å². The van der Waals surface area contributed by atoms with Crippen molar-refractivity contribution >= 4 is 0 Å². The Balaban J connectivity index is 2.86. The second-order valence-electron chi connectivity index (χ2n) is 3.61. The van der Waals surface area contributed by atoms with Gasteiger partial charge in [0.1, 0.15) is 0 Å². The summed E-state index contributed by atoms with van der Waals surface area (Å²) >= 11 is 0. The second-order valence-corrected chi connectivity index (χ2v) is 3.61. The van der Waals surface area contributed by atoms with Gasteiger partial charge in [-0.3, -0.25) is 10.00 Å². The Morgan fingerprint density at radius 2 is 2.33 bits per heavy atom. The van der Waals surface area contributed by atoms with E-state index in [4.69, 9.17) is 6.42 Å². The molecule has 15 heavy (non-hydrogen) atoms. The molecule has 0 aromatic carbocycles. The summed E-state index contributed by atoms with van der Waals surface area (Å²) in [5, 5.41) is 7.72. The molecule has 1 unspecified atom stereocenters. The maximum Gasteiger partial charge on any atom is 0.0976 e. The van der Waals surface area contributed by atoms with Crippen LogP contribution in [0.4, 0.5) is 0 Å². The molecule has 3 nitrogen and oxygen atoms in total. The molecule has 1 aromatic rings. The van der Waals surface area contributed by atoms with Gasteiger partial charge in [-0.25, -0.2) is 0 Å². The van der Waals surface area contributed by atoms with Crippen LogP contribution >= 0.6 is 0 Å². The highest BCUT2D eigenvalue weighted by Gasteiger charge is 2.14. The number of nitrogens with one attached hydrogen (secondary N) is 1. The summed E-state index contributed by atoms with van der Waals surface area (Å²) in [4.78, 5) is 0. The average Bonchev–Trinajstić information content (AvgIpc) is 2.61. The molecule has 3 heteroatoms. The van der Waals surface area contributed by atoms with Crippen LogP contribution in [0, 0.1) is 12.3 Å². The first kappa shape index (κ1) is 11.8. The quantitative estimate of drug-likeness (QED) is 0.741. The van der Waals surface area contributed by atoms with E-state index in [1.165, 1.54) is 0 Å². The Morgan fingerprint density at radius 1 is 1.60 bits per heavy atom. The number of aryl methyl sites for hydroxylation is 2. The van der Waals surface area contributed by atoms with Crippen molar-refractivity contribution in [1.82, 2.24) is 15.1 Å². The molecule has 0 saturated carbocycles. The SMILES string of the molecule is C#CC(NCCC)c1cn(C)nc1CC. The molecule has 0 aliphatic rings. The molecule has 0 aliphatic carbocycles. The highest BCUT2D eigenvalue weighted by Crippen LogP contribution is 2.16. The largest absolute Gasteiger partial charge is 0.300 e. The predicted octanol–water partition coefficient (Wildman–Crippen LogP) is 1.66. The van der Waals surface area contributed by atoms with Crippen LogP contribution in [0.15, 0.2) is 6.20 Å². The Kier molecular flexibility index (Phi) is 4.38. The summed E-state index contributed by atoms with van der Waals surface area (Å²) in [5.74, 6) is 2.78. The smallest absolute Gasteiger partial charge is 0.0976 e. The predicted molar refractivity (Wildman–Crippen MR) is 62.5 cm³/mol. The highest BCUT2D eigenvalue weighted by atomic mass is 15.3. The lowest BCUT2D eigenvalue weighted by atomic mass is 10.1. The Labute approximate surface area is 91.9 Å². The van der Waals surface area contributed by atoms with Crippen LogP contribution in [0.25, 0.3) is 0 Å². The first-order valence-electron chi connectivity index (χ1n) is 5.44. The first-order chi connectivity index (χ1) is 7.22. The van der Waals surface area contributed by atoms with Gasteiger partial charge in [0.2, 0.25) is 0 Å². The molecule has 1 N–H and O–H groups in total. The monoisotopic (exact) mass is 205 g/mol. The molecule has 1 rings (SSSR count). The van der Waals surface area contributed by atoms with Gasteiger partial charge in [-0.2, -0.15) is 5.10 Å². The van der Waals surface area contributed by atoms with Gasteiger partial charge < -0.3 is 0 Å². The number of rotatable bonds is 5. The van der Waals surface area contributed by atoms with Crippen LogP contribution in [0.1, 0.15) is 37.6 Å².